The van der Waals surface area contributed by atoms with E-state index in [1.165, 1.54) is 12.1 Å². The fourth-order valence-electron chi connectivity index (χ4n) is 3.54. The molecule has 0 aliphatic heterocycles. The minimum atomic E-state index is -4.84. The molecule has 2 aliphatic rings. The summed E-state index contributed by atoms with van der Waals surface area (Å²) in [5.41, 5.74) is -3.18. The zero-order valence-corrected chi connectivity index (χ0v) is 14.9. The molecule has 8 heteroatoms. The van der Waals surface area contributed by atoms with Crippen molar-refractivity contribution in [2.45, 2.75) is 75.2 Å². The maximum absolute atomic E-state index is 13.4. The maximum atomic E-state index is 13.4. The third-order valence-electron chi connectivity index (χ3n) is 5.50. The van der Waals surface area contributed by atoms with Crippen molar-refractivity contribution < 1.29 is 31.9 Å². The Morgan fingerprint density at radius 3 is 1.96 bits per heavy atom. The summed E-state index contributed by atoms with van der Waals surface area (Å²) >= 11 is 0. The van der Waals surface area contributed by atoms with Crippen LogP contribution in [0.1, 0.15) is 61.4 Å². The Morgan fingerprint density at radius 2 is 1.52 bits per heavy atom. The molecule has 1 N–H and O–H groups in total. The van der Waals surface area contributed by atoms with Crippen LogP contribution >= 0.6 is 0 Å². The maximum Gasteiger partial charge on any atom is 0.421 e. The van der Waals surface area contributed by atoms with Crippen LogP contribution in [-0.2, 0) is 5.60 Å². The Kier molecular flexibility index (Phi) is 4.99. The van der Waals surface area contributed by atoms with Crippen LogP contribution in [0.4, 0.5) is 22.0 Å². The molecule has 1 aromatic rings. The minimum absolute atomic E-state index is 0.00665. The zero-order chi connectivity index (χ0) is 20.0. The van der Waals surface area contributed by atoms with Crippen LogP contribution in [0.3, 0.4) is 0 Å². The molecule has 0 spiro atoms. The monoisotopic (exact) mass is 391 g/mol. The lowest BCUT2D eigenvalue weighted by atomic mass is 9.90. The van der Waals surface area contributed by atoms with Gasteiger partial charge < -0.3 is 10.0 Å². The topological polar surface area (TPSA) is 40.5 Å². The van der Waals surface area contributed by atoms with Crippen molar-refractivity contribution >= 4 is 5.91 Å². The lowest BCUT2D eigenvalue weighted by molar-refractivity contribution is -0.258. The molecule has 2 fully saturated rings. The molecule has 0 radical (unpaired) electrons. The number of carbonyl (C=O) groups excluding carboxylic acids is 1. The van der Waals surface area contributed by atoms with Gasteiger partial charge in [0.25, 0.3) is 5.91 Å². The number of carbonyl (C=O) groups is 1. The van der Waals surface area contributed by atoms with Crippen LogP contribution in [-0.4, -0.2) is 40.1 Å². The van der Waals surface area contributed by atoms with E-state index in [-0.39, 0.29) is 54.8 Å². The molecule has 0 saturated heterocycles. The summed E-state index contributed by atoms with van der Waals surface area (Å²) in [4.78, 5) is 14.5. The van der Waals surface area contributed by atoms with Gasteiger partial charge in [0.2, 0.25) is 5.92 Å². The molecule has 0 bridgehead atoms. The summed E-state index contributed by atoms with van der Waals surface area (Å²) in [6.45, 7) is 0.655. The molecule has 1 atom stereocenters. The minimum Gasteiger partial charge on any atom is -0.376 e. The van der Waals surface area contributed by atoms with Gasteiger partial charge in [-0.15, -0.1) is 0 Å². The fourth-order valence-corrected chi connectivity index (χ4v) is 3.54. The Balaban J connectivity index is 1.78. The number of rotatable bonds is 4. The molecule has 0 unspecified atom stereocenters. The first-order valence-electron chi connectivity index (χ1n) is 9.02. The Morgan fingerprint density at radius 1 is 1.04 bits per heavy atom. The molecule has 2 saturated carbocycles. The van der Waals surface area contributed by atoms with Gasteiger partial charge in [0.15, 0.2) is 5.60 Å². The van der Waals surface area contributed by atoms with Crippen molar-refractivity contribution in [3.8, 4) is 0 Å². The summed E-state index contributed by atoms with van der Waals surface area (Å²) < 4.78 is 65.7. The van der Waals surface area contributed by atoms with Crippen molar-refractivity contribution in [3.63, 3.8) is 0 Å². The van der Waals surface area contributed by atoms with Gasteiger partial charge in [-0.25, -0.2) is 8.78 Å². The largest absolute Gasteiger partial charge is 0.421 e. The van der Waals surface area contributed by atoms with E-state index in [0.29, 0.717) is 6.92 Å². The summed E-state index contributed by atoms with van der Waals surface area (Å²) in [6.07, 6.45) is -3.32. The number of hydrogen-bond donors (Lipinski definition) is 1. The summed E-state index contributed by atoms with van der Waals surface area (Å²) in [6, 6.07) is 4.41. The molecule has 1 amide bonds. The number of hydrogen-bond acceptors (Lipinski definition) is 2. The van der Waals surface area contributed by atoms with E-state index in [2.05, 4.69) is 0 Å². The Bertz CT molecular complexity index is 685. The molecule has 1 aromatic carbocycles. The molecule has 2 aliphatic carbocycles. The first-order valence-corrected chi connectivity index (χ1v) is 9.02. The number of amides is 1. The van der Waals surface area contributed by atoms with Gasteiger partial charge in [0, 0.05) is 30.5 Å². The fraction of sp³-hybridized carbons (Fsp3) is 0.632. The third kappa shape index (κ3) is 4.10. The normalized spacial score (nSPS) is 22.9. The van der Waals surface area contributed by atoms with Crippen LogP contribution in [0.15, 0.2) is 24.3 Å². The van der Waals surface area contributed by atoms with Crippen molar-refractivity contribution in [1.29, 1.82) is 0 Å². The second kappa shape index (κ2) is 6.72. The highest BCUT2D eigenvalue weighted by molar-refractivity contribution is 5.95. The lowest BCUT2D eigenvalue weighted by Crippen LogP contribution is -2.45. The van der Waals surface area contributed by atoms with Crippen molar-refractivity contribution in [1.82, 2.24) is 4.90 Å². The van der Waals surface area contributed by atoms with Gasteiger partial charge in [0.05, 0.1) is 0 Å². The van der Waals surface area contributed by atoms with Gasteiger partial charge in [-0.05, 0) is 50.3 Å². The van der Waals surface area contributed by atoms with E-state index >= 15 is 0 Å². The number of alkyl halides is 5. The van der Waals surface area contributed by atoms with Crippen molar-refractivity contribution in [2.75, 3.05) is 0 Å². The number of nitrogens with zero attached hydrogens (tertiary/aromatic N) is 1. The molecule has 0 aromatic heterocycles. The molecule has 0 heterocycles. The van der Waals surface area contributed by atoms with Gasteiger partial charge in [0.1, 0.15) is 0 Å². The summed E-state index contributed by atoms with van der Waals surface area (Å²) in [5.74, 6) is -3.05. The Hall–Kier alpha value is -1.70. The van der Waals surface area contributed by atoms with E-state index in [1.807, 2.05) is 0 Å². The van der Waals surface area contributed by atoms with Crippen LogP contribution in [0.2, 0.25) is 0 Å². The average Bonchev–Trinajstić information content (AvgIpc) is 3.40. The Labute approximate surface area is 154 Å². The number of benzene rings is 1. The van der Waals surface area contributed by atoms with Gasteiger partial charge in [-0.1, -0.05) is 12.1 Å². The molecule has 3 rings (SSSR count). The van der Waals surface area contributed by atoms with E-state index in [1.54, 1.807) is 4.90 Å². The zero-order valence-electron chi connectivity index (χ0n) is 14.9. The first-order chi connectivity index (χ1) is 12.4. The molecule has 27 heavy (non-hydrogen) atoms. The first kappa shape index (κ1) is 20.0. The van der Waals surface area contributed by atoms with Crippen molar-refractivity contribution in [2.24, 2.45) is 0 Å². The molecular weight excluding hydrogens is 369 g/mol. The van der Waals surface area contributed by atoms with E-state index in [9.17, 15) is 31.9 Å². The van der Waals surface area contributed by atoms with Crippen LogP contribution in [0.25, 0.3) is 0 Å². The quantitative estimate of drug-likeness (QED) is 0.760. The SMILES string of the molecule is C[C@](O)(c1ccc(C(=O)N(C2CC2)C2CCC(F)(F)CC2)cc1)C(F)(F)F. The van der Waals surface area contributed by atoms with Gasteiger partial charge in [-0.3, -0.25) is 4.79 Å². The predicted octanol–water partition coefficient (Wildman–Crippen LogP) is 4.64. The number of halogens is 5. The van der Waals surface area contributed by atoms with Gasteiger partial charge in [-0.2, -0.15) is 13.2 Å². The van der Waals surface area contributed by atoms with Gasteiger partial charge >= 0.3 is 6.18 Å². The smallest absolute Gasteiger partial charge is 0.376 e. The van der Waals surface area contributed by atoms with Crippen LogP contribution in [0, 0.1) is 0 Å². The second-order valence-electron chi connectivity index (χ2n) is 7.68. The van der Waals surface area contributed by atoms with E-state index in [0.717, 1.165) is 25.0 Å². The summed E-state index contributed by atoms with van der Waals surface area (Å²) in [5, 5.41) is 9.72. The van der Waals surface area contributed by atoms with Crippen LogP contribution in [0.5, 0.6) is 0 Å². The molecule has 3 nitrogen and oxygen atoms in total. The lowest BCUT2D eigenvalue weighted by Gasteiger charge is -2.37. The predicted molar refractivity (Wildman–Crippen MR) is 88.5 cm³/mol. The standard InChI is InChI=1S/C19H22F5NO2/c1-17(27,19(22,23)24)13-4-2-12(3-5-13)16(26)25(14-6-7-14)15-8-10-18(20,21)11-9-15/h2-5,14-15,27H,6-11H2,1H3/t17-/m0/s1. The highest BCUT2D eigenvalue weighted by atomic mass is 19.4. The van der Waals surface area contributed by atoms with E-state index < -0.39 is 17.7 Å². The van der Waals surface area contributed by atoms with Crippen LogP contribution < -0.4 is 0 Å². The van der Waals surface area contributed by atoms with E-state index in [4.69, 9.17) is 0 Å². The highest BCUT2D eigenvalue weighted by Crippen LogP contribution is 2.41. The van der Waals surface area contributed by atoms with Crippen molar-refractivity contribution in [3.05, 3.63) is 35.4 Å². The third-order valence-corrected chi connectivity index (χ3v) is 5.50. The molecule has 150 valence electrons. The number of aliphatic hydroxyl groups is 1. The second-order valence-corrected chi connectivity index (χ2v) is 7.68. The summed E-state index contributed by atoms with van der Waals surface area (Å²) in [7, 11) is 0. The average molecular weight is 391 g/mol. The highest BCUT2D eigenvalue weighted by Gasteiger charge is 2.51. The molecular formula is C19H22F5NO2.